The summed E-state index contributed by atoms with van der Waals surface area (Å²) in [6, 6.07) is 0. The summed E-state index contributed by atoms with van der Waals surface area (Å²) >= 11 is 0. The molecular weight excluding hydrogens is 230 g/mol. The predicted molar refractivity (Wildman–Crippen MR) is 72.7 cm³/mol. The molecule has 0 aliphatic carbocycles. The quantitative estimate of drug-likeness (QED) is 0.580. The highest BCUT2D eigenvalue weighted by Gasteiger charge is 2.09. The molecule has 0 bridgehead atoms. The Morgan fingerprint density at radius 2 is 1.94 bits per heavy atom. The number of hydrogen-bond acceptors (Lipinski definition) is 4. The summed E-state index contributed by atoms with van der Waals surface area (Å²) in [6.45, 7) is 6.67. The summed E-state index contributed by atoms with van der Waals surface area (Å²) < 4.78 is 5.30. The van der Waals surface area contributed by atoms with Crippen molar-refractivity contribution in [3.8, 4) is 0 Å². The zero-order valence-corrected chi connectivity index (χ0v) is 11.5. The Labute approximate surface area is 110 Å². The molecular formula is C13H27N3O2. The second-order valence-corrected chi connectivity index (χ2v) is 4.72. The highest BCUT2D eigenvalue weighted by atomic mass is 16.5. The van der Waals surface area contributed by atoms with Gasteiger partial charge in [-0.25, -0.2) is 0 Å². The number of nitrogens with one attached hydrogen (secondary N) is 2. The average Bonchev–Trinajstić information content (AvgIpc) is 2.40. The third-order valence-corrected chi connectivity index (χ3v) is 3.16. The zero-order chi connectivity index (χ0) is 13.1. The fraction of sp³-hybridized carbons (Fsp3) is 0.923. The van der Waals surface area contributed by atoms with Crippen LogP contribution in [-0.4, -0.2) is 63.8 Å². The largest absolute Gasteiger partial charge is 0.379 e. The number of unbranched alkanes of at least 4 members (excludes halogenated alkanes) is 1. The zero-order valence-electron chi connectivity index (χ0n) is 11.5. The van der Waals surface area contributed by atoms with Crippen LogP contribution in [-0.2, 0) is 9.53 Å². The standard InChI is InChI=1S/C13H27N3O2/c1-14-6-4-5-13(17)15-7-2-3-8-16-9-11-18-12-10-16/h14H,2-12H2,1H3,(H,15,17). The van der Waals surface area contributed by atoms with Crippen LogP contribution in [0, 0.1) is 0 Å². The Bertz CT molecular complexity index is 218. The molecule has 0 spiro atoms. The van der Waals surface area contributed by atoms with Crippen LogP contribution in [0.4, 0.5) is 0 Å². The highest BCUT2D eigenvalue weighted by Crippen LogP contribution is 1.99. The van der Waals surface area contributed by atoms with Crippen LogP contribution in [0.25, 0.3) is 0 Å². The number of amides is 1. The van der Waals surface area contributed by atoms with Crippen LogP contribution in [0.5, 0.6) is 0 Å². The Hall–Kier alpha value is -0.650. The van der Waals surface area contributed by atoms with Crippen LogP contribution in [0.3, 0.4) is 0 Å². The molecule has 2 N–H and O–H groups in total. The molecule has 1 saturated heterocycles. The van der Waals surface area contributed by atoms with Gasteiger partial charge in [-0.05, 0) is 39.4 Å². The van der Waals surface area contributed by atoms with Crippen LogP contribution < -0.4 is 10.6 Å². The van der Waals surface area contributed by atoms with Gasteiger partial charge in [-0.1, -0.05) is 0 Å². The van der Waals surface area contributed by atoms with Crippen LogP contribution >= 0.6 is 0 Å². The predicted octanol–water partition coefficient (Wildman–Crippen LogP) is 0.215. The molecule has 1 aliphatic heterocycles. The highest BCUT2D eigenvalue weighted by molar-refractivity contribution is 5.75. The van der Waals surface area contributed by atoms with E-state index in [1.54, 1.807) is 0 Å². The van der Waals surface area contributed by atoms with E-state index in [-0.39, 0.29) is 5.91 Å². The number of nitrogens with zero attached hydrogens (tertiary/aromatic N) is 1. The fourth-order valence-electron chi connectivity index (χ4n) is 2.03. The van der Waals surface area contributed by atoms with Gasteiger partial charge in [-0.3, -0.25) is 9.69 Å². The topological polar surface area (TPSA) is 53.6 Å². The van der Waals surface area contributed by atoms with Crippen LogP contribution in [0.1, 0.15) is 25.7 Å². The lowest BCUT2D eigenvalue weighted by Crippen LogP contribution is -2.37. The van der Waals surface area contributed by atoms with Crippen LogP contribution in [0.15, 0.2) is 0 Å². The number of rotatable bonds is 9. The van der Waals surface area contributed by atoms with Gasteiger partial charge in [0.1, 0.15) is 0 Å². The van der Waals surface area contributed by atoms with Crippen molar-refractivity contribution in [3.05, 3.63) is 0 Å². The Balaban J connectivity index is 1.86. The minimum Gasteiger partial charge on any atom is -0.379 e. The third-order valence-electron chi connectivity index (χ3n) is 3.16. The second-order valence-electron chi connectivity index (χ2n) is 4.72. The fourth-order valence-corrected chi connectivity index (χ4v) is 2.03. The summed E-state index contributed by atoms with van der Waals surface area (Å²) in [5.74, 6) is 0.177. The van der Waals surface area contributed by atoms with Gasteiger partial charge < -0.3 is 15.4 Å². The third kappa shape index (κ3) is 7.63. The molecule has 5 nitrogen and oxygen atoms in total. The van der Waals surface area contributed by atoms with E-state index in [9.17, 15) is 4.79 Å². The summed E-state index contributed by atoms with van der Waals surface area (Å²) in [5, 5.41) is 6.01. The minimum atomic E-state index is 0.177. The molecule has 1 aliphatic rings. The monoisotopic (exact) mass is 257 g/mol. The molecule has 18 heavy (non-hydrogen) atoms. The number of morpholine rings is 1. The molecule has 1 amide bonds. The maximum absolute atomic E-state index is 11.4. The Kier molecular flexibility index (Phi) is 8.81. The molecule has 0 aromatic carbocycles. The molecule has 0 aromatic rings. The van der Waals surface area contributed by atoms with E-state index in [4.69, 9.17) is 4.74 Å². The molecule has 106 valence electrons. The smallest absolute Gasteiger partial charge is 0.220 e. The summed E-state index contributed by atoms with van der Waals surface area (Å²) in [4.78, 5) is 13.8. The van der Waals surface area contributed by atoms with Gasteiger partial charge >= 0.3 is 0 Å². The molecule has 1 heterocycles. The molecule has 0 radical (unpaired) electrons. The number of carbonyl (C=O) groups excluding carboxylic acids is 1. The lowest BCUT2D eigenvalue weighted by molar-refractivity contribution is -0.121. The average molecular weight is 257 g/mol. The van der Waals surface area contributed by atoms with E-state index in [1.807, 2.05) is 7.05 Å². The SMILES string of the molecule is CNCCCC(=O)NCCCCN1CCOCC1. The van der Waals surface area contributed by atoms with Crippen molar-refractivity contribution in [2.24, 2.45) is 0 Å². The van der Waals surface area contributed by atoms with Gasteiger partial charge in [0.15, 0.2) is 0 Å². The van der Waals surface area contributed by atoms with E-state index in [2.05, 4.69) is 15.5 Å². The van der Waals surface area contributed by atoms with Crippen molar-refractivity contribution in [2.45, 2.75) is 25.7 Å². The van der Waals surface area contributed by atoms with Crippen molar-refractivity contribution in [2.75, 3.05) is 53.0 Å². The van der Waals surface area contributed by atoms with Crippen molar-refractivity contribution in [3.63, 3.8) is 0 Å². The molecule has 0 unspecified atom stereocenters. The van der Waals surface area contributed by atoms with Crippen molar-refractivity contribution >= 4 is 5.91 Å². The molecule has 1 rings (SSSR count). The number of ether oxygens (including phenoxy) is 1. The van der Waals surface area contributed by atoms with E-state index in [0.717, 1.165) is 65.2 Å². The van der Waals surface area contributed by atoms with Gasteiger partial charge in [-0.15, -0.1) is 0 Å². The van der Waals surface area contributed by atoms with Gasteiger partial charge in [0.25, 0.3) is 0 Å². The van der Waals surface area contributed by atoms with E-state index in [1.165, 1.54) is 0 Å². The lowest BCUT2D eigenvalue weighted by atomic mass is 10.2. The lowest BCUT2D eigenvalue weighted by Gasteiger charge is -2.26. The normalized spacial score (nSPS) is 16.7. The molecule has 0 aromatic heterocycles. The van der Waals surface area contributed by atoms with E-state index in [0.29, 0.717) is 6.42 Å². The first-order chi connectivity index (χ1) is 8.83. The van der Waals surface area contributed by atoms with Gasteiger partial charge in [0.05, 0.1) is 13.2 Å². The molecule has 0 saturated carbocycles. The summed E-state index contributed by atoms with van der Waals surface area (Å²) in [5.41, 5.74) is 0. The number of carbonyl (C=O) groups is 1. The molecule has 0 atom stereocenters. The van der Waals surface area contributed by atoms with E-state index < -0.39 is 0 Å². The van der Waals surface area contributed by atoms with Gasteiger partial charge in [0, 0.05) is 26.1 Å². The van der Waals surface area contributed by atoms with Crippen molar-refractivity contribution < 1.29 is 9.53 Å². The Morgan fingerprint density at radius 1 is 1.17 bits per heavy atom. The summed E-state index contributed by atoms with van der Waals surface area (Å²) in [7, 11) is 1.91. The Morgan fingerprint density at radius 3 is 2.67 bits per heavy atom. The first-order valence-electron chi connectivity index (χ1n) is 7.04. The van der Waals surface area contributed by atoms with Gasteiger partial charge in [0.2, 0.25) is 5.91 Å². The van der Waals surface area contributed by atoms with Crippen LogP contribution in [0.2, 0.25) is 0 Å². The van der Waals surface area contributed by atoms with Crippen molar-refractivity contribution in [1.29, 1.82) is 0 Å². The molecule has 5 heteroatoms. The maximum Gasteiger partial charge on any atom is 0.220 e. The molecule has 1 fully saturated rings. The van der Waals surface area contributed by atoms with E-state index >= 15 is 0 Å². The number of hydrogen-bond donors (Lipinski definition) is 2. The van der Waals surface area contributed by atoms with Gasteiger partial charge in [-0.2, -0.15) is 0 Å². The first-order valence-corrected chi connectivity index (χ1v) is 7.04. The minimum absolute atomic E-state index is 0.177. The maximum atomic E-state index is 11.4. The van der Waals surface area contributed by atoms with Crippen molar-refractivity contribution in [1.82, 2.24) is 15.5 Å². The first kappa shape index (κ1) is 15.4. The second kappa shape index (κ2) is 10.3. The summed E-state index contributed by atoms with van der Waals surface area (Å²) in [6.07, 6.45) is 3.76.